The van der Waals surface area contributed by atoms with Crippen LogP contribution in [0.25, 0.3) is 0 Å². The Morgan fingerprint density at radius 3 is 2.80 bits per heavy atom. The number of hydrogen-bond donors (Lipinski definition) is 1. The molecule has 15 heavy (non-hydrogen) atoms. The van der Waals surface area contributed by atoms with E-state index in [2.05, 4.69) is 10.2 Å². The van der Waals surface area contributed by atoms with Crippen LogP contribution < -0.4 is 5.32 Å². The molecule has 0 radical (unpaired) electrons. The van der Waals surface area contributed by atoms with Gasteiger partial charge in [-0.3, -0.25) is 0 Å². The van der Waals surface area contributed by atoms with Crippen molar-refractivity contribution in [3.8, 4) is 0 Å². The van der Waals surface area contributed by atoms with Crippen LogP contribution >= 0.6 is 0 Å². The molecule has 2 heterocycles. The van der Waals surface area contributed by atoms with Crippen LogP contribution in [0.15, 0.2) is 0 Å². The molecule has 2 aliphatic heterocycles. The Morgan fingerprint density at radius 1 is 1.20 bits per heavy atom. The van der Waals surface area contributed by atoms with E-state index in [0.717, 1.165) is 25.7 Å². The second-order valence-electron chi connectivity index (χ2n) is 4.81. The van der Waals surface area contributed by atoms with Gasteiger partial charge in [-0.25, -0.2) is 0 Å². The van der Waals surface area contributed by atoms with E-state index in [0.29, 0.717) is 0 Å². The van der Waals surface area contributed by atoms with Gasteiger partial charge in [0.2, 0.25) is 0 Å². The van der Waals surface area contributed by atoms with Crippen molar-refractivity contribution in [3.05, 3.63) is 0 Å². The van der Waals surface area contributed by atoms with Crippen molar-refractivity contribution in [3.63, 3.8) is 0 Å². The summed E-state index contributed by atoms with van der Waals surface area (Å²) >= 11 is 0. The molecule has 0 aromatic rings. The molecule has 0 aromatic heterocycles. The first-order chi connectivity index (χ1) is 7.45. The van der Waals surface area contributed by atoms with E-state index in [4.69, 9.17) is 4.74 Å². The topological polar surface area (TPSA) is 24.5 Å². The standard InChI is InChI=1S/C12H24N2O/c1-2-7-14(6-1)8-10-15-9-4-12-3-5-13-11-12/h12-13H,1-11H2. The molecule has 0 amide bonds. The van der Waals surface area contributed by atoms with Gasteiger partial charge in [0.15, 0.2) is 0 Å². The zero-order valence-electron chi connectivity index (χ0n) is 9.71. The lowest BCUT2D eigenvalue weighted by atomic mass is 10.1. The van der Waals surface area contributed by atoms with Crippen molar-refractivity contribution in [2.45, 2.75) is 25.7 Å². The number of nitrogens with zero attached hydrogens (tertiary/aromatic N) is 1. The maximum absolute atomic E-state index is 5.69. The van der Waals surface area contributed by atoms with Crippen molar-refractivity contribution in [2.75, 3.05) is 45.9 Å². The maximum Gasteiger partial charge on any atom is 0.0593 e. The average molecular weight is 212 g/mol. The maximum atomic E-state index is 5.69. The summed E-state index contributed by atoms with van der Waals surface area (Å²) in [6.07, 6.45) is 5.35. The fraction of sp³-hybridized carbons (Fsp3) is 1.00. The number of hydrogen-bond acceptors (Lipinski definition) is 3. The van der Waals surface area contributed by atoms with Crippen LogP contribution in [0.5, 0.6) is 0 Å². The lowest BCUT2D eigenvalue weighted by molar-refractivity contribution is 0.101. The Hall–Kier alpha value is -0.120. The van der Waals surface area contributed by atoms with Crippen molar-refractivity contribution in [2.24, 2.45) is 5.92 Å². The third-order valence-corrected chi connectivity index (χ3v) is 3.58. The van der Waals surface area contributed by atoms with E-state index in [1.165, 1.54) is 51.9 Å². The Balaban J connectivity index is 1.41. The van der Waals surface area contributed by atoms with Crippen LogP contribution in [0.2, 0.25) is 0 Å². The van der Waals surface area contributed by atoms with E-state index < -0.39 is 0 Å². The van der Waals surface area contributed by atoms with Crippen LogP contribution in [0.4, 0.5) is 0 Å². The van der Waals surface area contributed by atoms with Crippen molar-refractivity contribution >= 4 is 0 Å². The third-order valence-electron chi connectivity index (χ3n) is 3.58. The lowest BCUT2D eigenvalue weighted by Crippen LogP contribution is -2.24. The van der Waals surface area contributed by atoms with E-state index >= 15 is 0 Å². The highest BCUT2D eigenvalue weighted by atomic mass is 16.5. The molecule has 0 spiro atoms. The average Bonchev–Trinajstić information content (AvgIpc) is 2.88. The summed E-state index contributed by atoms with van der Waals surface area (Å²) in [6, 6.07) is 0. The fourth-order valence-electron chi connectivity index (χ4n) is 2.51. The first kappa shape index (κ1) is 11.4. The molecule has 3 heteroatoms. The summed E-state index contributed by atoms with van der Waals surface area (Å²) in [5, 5.41) is 3.39. The largest absolute Gasteiger partial charge is 0.380 e. The molecule has 0 aliphatic carbocycles. The fourth-order valence-corrected chi connectivity index (χ4v) is 2.51. The monoisotopic (exact) mass is 212 g/mol. The molecule has 0 aromatic carbocycles. The highest BCUT2D eigenvalue weighted by Crippen LogP contribution is 2.12. The number of nitrogens with one attached hydrogen (secondary N) is 1. The zero-order valence-corrected chi connectivity index (χ0v) is 9.71. The molecule has 0 bridgehead atoms. The molecule has 1 N–H and O–H groups in total. The molecule has 2 fully saturated rings. The van der Waals surface area contributed by atoms with Gasteiger partial charge in [-0.05, 0) is 57.8 Å². The Labute approximate surface area is 93.2 Å². The van der Waals surface area contributed by atoms with Crippen LogP contribution in [0.3, 0.4) is 0 Å². The van der Waals surface area contributed by atoms with Gasteiger partial charge in [0.25, 0.3) is 0 Å². The van der Waals surface area contributed by atoms with Crippen LogP contribution in [0, 0.1) is 5.92 Å². The minimum atomic E-state index is 0.872. The molecule has 1 atom stereocenters. The van der Waals surface area contributed by atoms with Gasteiger partial charge in [0.05, 0.1) is 6.61 Å². The predicted molar refractivity (Wildman–Crippen MR) is 62.1 cm³/mol. The quantitative estimate of drug-likeness (QED) is 0.667. The Bertz CT molecular complexity index is 145. The molecule has 2 aliphatic rings. The van der Waals surface area contributed by atoms with Crippen LogP contribution in [-0.4, -0.2) is 50.8 Å². The summed E-state index contributed by atoms with van der Waals surface area (Å²) < 4.78 is 5.69. The normalized spacial score (nSPS) is 27.6. The summed E-state index contributed by atoms with van der Waals surface area (Å²) in [6.45, 7) is 8.02. The molecule has 3 nitrogen and oxygen atoms in total. The minimum absolute atomic E-state index is 0.872. The molecule has 2 rings (SSSR count). The van der Waals surface area contributed by atoms with Gasteiger partial charge in [-0.2, -0.15) is 0 Å². The Kier molecular flexibility index (Phi) is 4.90. The van der Waals surface area contributed by atoms with Crippen molar-refractivity contribution < 1.29 is 4.74 Å². The summed E-state index contributed by atoms with van der Waals surface area (Å²) in [5.74, 6) is 0.872. The molecule has 1 unspecified atom stereocenters. The highest BCUT2D eigenvalue weighted by molar-refractivity contribution is 4.70. The van der Waals surface area contributed by atoms with Gasteiger partial charge in [-0.1, -0.05) is 0 Å². The van der Waals surface area contributed by atoms with Crippen molar-refractivity contribution in [1.82, 2.24) is 10.2 Å². The van der Waals surface area contributed by atoms with E-state index in [1.807, 2.05) is 0 Å². The SMILES string of the molecule is C1CCN(CCOCCC2CCNC2)C1. The van der Waals surface area contributed by atoms with Gasteiger partial charge >= 0.3 is 0 Å². The number of rotatable bonds is 6. The minimum Gasteiger partial charge on any atom is -0.380 e. The van der Waals surface area contributed by atoms with Gasteiger partial charge in [0, 0.05) is 13.2 Å². The first-order valence-electron chi connectivity index (χ1n) is 6.46. The summed E-state index contributed by atoms with van der Waals surface area (Å²) in [4.78, 5) is 2.51. The predicted octanol–water partition coefficient (Wildman–Crippen LogP) is 1.10. The molecular formula is C12H24N2O. The van der Waals surface area contributed by atoms with E-state index in [1.54, 1.807) is 0 Å². The van der Waals surface area contributed by atoms with Crippen LogP contribution in [-0.2, 0) is 4.74 Å². The third kappa shape index (κ3) is 4.09. The zero-order chi connectivity index (χ0) is 10.3. The van der Waals surface area contributed by atoms with E-state index in [9.17, 15) is 0 Å². The number of ether oxygens (including phenoxy) is 1. The second-order valence-corrected chi connectivity index (χ2v) is 4.81. The van der Waals surface area contributed by atoms with Gasteiger partial charge < -0.3 is 15.0 Å². The highest BCUT2D eigenvalue weighted by Gasteiger charge is 2.14. The summed E-state index contributed by atoms with van der Waals surface area (Å²) in [7, 11) is 0. The van der Waals surface area contributed by atoms with Crippen LogP contribution in [0.1, 0.15) is 25.7 Å². The Morgan fingerprint density at radius 2 is 2.07 bits per heavy atom. The van der Waals surface area contributed by atoms with E-state index in [-0.39, 0.29) is 0 Å². The molecular weight excluding hydrogens is 188 g/mol. The number of likely N-dealkylation sites (tertiary alicyclic amines) is 1. The lowest BCUT2D eigenvalue weighted by Gasteiger charge is -2.15. The second kappa shape index (κ2) is 6.46. The summed E-state index contributed by atoms with van der Waals surface area (Å²) in [5.41, 5.74) is 0. The first-order valence-corrected chi connectivity index (χ1v) is 6.46. The van der Waals surface area contributed by atoms with Crippen molar-refractivity contribution in [1.29, 1.82) is 0 Å². The van der Waals surface area contributed by atoms with Gasteiger partial charge in [0.1, 0.15) is 0 Å². The smallest absolute Gasteiger partial charge is 0.0593 e. The molecule has 2 saturated heterocycles. The molecule has 0 saturated carbocycles. The van der Waals surface area contributed by atoms with Gasteiger partial charge in [-0.15, -0.1) is 0 Å². The molecule has 88 valence electrons.